The first-order valence-corrected chi connectivity index (χ1v) is 11.8. The minimum Gasteiger partial charge on any atom is -0.512 e. The summed E-state index contributed by atoms with van der Waals surface area (Å²) in [5.74, 6) is 0.193. The molecule has 1 unspecified atom stereocenters. The van der Waals surface area contributed by atoms with Crippen molar-refractivity contribution in [2.75, 3.05) is 19.0 Å². The van der Waals surface area contributed by atoms with E-state index in [1.165, 1.54) is 43.6 Å². The van der Waals surface area contributed by atoms with E-state index in [4.69, 9.17) is 0 Å². The van der Waals surface area contributed by atoms with E-state index in [9.17, 15) is 9.90 Å². The predicted molar refractivity (Wildman–Crippen MR) is 108 cm³/mol. The standard InChI is InChI=1S/C21H33O2P/c1-6-8-15-24(5,16-9-7-2)21(19-13-11-10-12-14-19)20(17(3)22)18(4)23/h10-14,21H,6-9,15-16H2,1-5H3/p+1. The quantitative estimate of drug-likeness (QED) is 0.301. The number of ketones is 1. The lowest BCUT2D eigenvalue weighted by molar-refractivity contribution is -0.113. The molecule has 1 aromatic rings. The van der Waals surface area contributed by atoms with Crippen molar-refractivity contribution in [3.05, 3.63) is 47.2 Å². The van der Waals surface area contributed by atoms with Gasteiger partial charge in [-0.3, -0.25) is 4.79 Å². The molecule has 0 fully saturated rings. The van der Waals surface area contributed by atoms with Gasteiger partial charge in [-0.1, -0.05) is 57.0 Å². The zero-order chi connectivity index (χ0) is 18.2. The Hall–Kier alpha value is -1.14. The lowest BCUT2D eigenvalue weighted by Crippen LogP contribution is -2.19. The highest BCUT2D eigenvalue weighted by Crippen LogP contribution is 2.70. The van der Waals surface area contributed by atoms with E-state index in [-0.39, 0.29) is 17.2 Å². The summed E-state index contributed by atoms with van der Waals surface area (Å²) in [6.45, 7) is 10.1. The average molecular weight is 349 g/mol. The normalized spacial score (nSPS) is 14.2. The topological polar surface area (TPSA) is 37.3 Å². The maximum Gasteiger partial charge on any atom is 0.163 e. The molecule has 24 heavy (non-hydrogen) atoms. The van der Waals surface area contributed by atoms with Crippen molar-refractivity contribution in [3.8, 4) is 0 Å². The van der Waals surface area contributed by atoms with Gasteiger partial charge in [0, 0.05) is 13.9 Å². The number of carbonyl (C=O) groups is 1. The molecule has 0 aliphatic carbocycles. The molecule has 1 N–H and O–H groups in total. The molecule has 0 radical (unpaired) electrons. The maximum absolute atomic E-state index is 12.4. The highest BCUT2D eigenvalue weighted by molar-refractivity contribution is 7.75. The van der Waals surface area contributed by atoms with Crippen molar-refractivity contribution in [2.24, 2.45) is 0 Å². The molecule has 1 aromatic carbocycles. The average Bonchev–Trinajstić information content (AvgIpc) is 2.56. The number of rotatable bonds is 10. The smallest absolute Gasteiger partial charge is 0.163 e. The van der Waals surface area contributed by atoms with Gasteiger partial charge in [0.2, 0.25) is 0 Å². The van der Waals surface area contributed by atoms with E-state index in [2.05, 4.69) is 32.6 Å². The zero-order valence-electron chi connectivity index (χ0n) is 16.0. The molecule has 0 aliphatic rings. The van der Waals surface area contributed by atoms with Gasteiger partial charge in [-0.2, -0.15) is 0 Å². The molecule has 3 heteroatoms. The van der Waals surface area contributed by atoms with E-state index in [0.29, 0.717) is 5.57 Å². The second-order valence-corrected chi connectivity index (χ2v) is 11.4. The minimum atomic E-state index is -1.44. The molecule has 134 valence electrons. The summed E-state index contributed by atoms with van der Waals surface area (Å²) in [7, 11) is -1.44. The Morgan fingerprint density at radius 2 is 1.54 bits per heavy atom. The van der Waals surface area contributed by atoms with Gasteiger partial charge in [-0.05, 0) is 32.3 Å². The van der Waals surface area contributed by atoms with Crippen molar-refractivity contribution in [1.29, 1.82) is 0 Å². The molecule has 0 aliphatic heterocycles. The van der Waals surface area contributed by atoms with Crippen molar-refractivity contribution < 1.29 is 9.90 Å². The zero-order valence-corrected chi connectivity index (χ0v) is 16.9. The molecule has 0 spiro atoms. The van der Waals surface area contributed by atoms with Crippen molar-refractivity contribution in [1.82, 2.24) is 0 Å². The van der Waals surface area contributed by atoms with Crippen LogP contribution < -0.4 is 0 Å². The van der Waals surface area contributed by atoms with Gasteiger partial charge < -0.3 is 5.11 Å². The number of carbonyl (C=O) groups excluding carboxylic acids is 1. The Balaban J connectivity index is 3.47. The fraction of sp³-hybridized carbons (Fsp3) is 0.571. The van der Waals surface area contributed by atoms with Crippen LogP contribution >= 0.6 is 7.26 Å². The summed E-state index contributed by atoms with van der Waals surface area (Å²) in [6.07, 6.45) is 7.06. The van der Waals surface area contributed by atoms with Gasteiger partial charge in [0.05, 0.1) is 17.9 Å². The van der Waals surface area contributed by atoms with Crippen molar-refractivity contribution in [3.63, 3.8) is 0 Å². The second-order valence-electron chi connectivity index (χ2n) is 7.00. The largest absolute Gasteiger partial charge is 0.512 e. The van der Waals surface area contributed by atoms with Crippen LogP contribution in [0.3, 0.4) is 0 Å². The number of aliphatic hydroxyl groups is 1. The monoisotopic (exact) mass is 349 g/mol. The molecule has 2 nitrogen and oxygen atoms in total. The molecule has 0 aromatic heterocycles. The van der Waals surface area contributed by atoms with Crippen LogP contribution in [0.25, 0.3) is 0 Å². The van der Waals surface area contributed by atoms with Gasteiger partial charge in [0.1, 0.15) is 11.4 Å². The van der Waals surface area contributed by atoms with Crippen LogP contribution in [0, 0.1) is 0 Å². The van der Waals surface area contributed by atoms with E-state index < -0.39 is 7.26 Å². The lowest BCUT2D eigenvalue weighted by atomic mass is 10.0. The summed E-state index contributed by atoms with van der Waals surface area (Å²) < 4.78 is 0. The molecule has 0 saturated carbocycles. The number of hydrogen-bond donors (Lipinski definition) is 1. The fourth-order valence-corrected chi connectivity index (χ4v) is 8.23. The Labute approximate surface area is 148 Å². The Morgan fingerprint density at radius 3 is 1.92 bits per heavy atom. The predicted octanol–water partition coefficient (Wildman–Crippen LogP) is 6.40. The number of allylic oxidation sites excluding steroid dienone is 2. The number of unbranched alkanes of at least 4 members (excludes halogenated alkanes) is 2. The first-order valence-electron chi connectivity index (χ1n) is 9.17. The first kappa shape index (κ1) is 20.9. The van der Waals surface area contributed by atoms with Crippen LogP contribution in [0.5, 0.6) is 0 Å². The third kappa shape index (κ3) is 5.45. The number of Topliss-reactive ketones (excluding diaryl/α,β-unsaturated/α-hetero) is 1. The highest BCUT2D eigenvalue weighted by Gasteiger charge is 2.45. The van der Waals surface area contributed by atoms with Crippen molar-refractivity contribution in [2.45, 2.75) is 59.0 Å². The fourth-order valence-electron chi connectivity index (χ4n) is 3.53. The maximum atomic E-state index is 12.4. The molecule has 0 heterocycles. The van der Waals surface area contributed by atoms with E-state index >= 15 is 0 Å². The van der Waals surface area contributed by atoms with Crippen LogP contribution in [-0.2, 0) is 4.79 Å². The summed E-state index contributed by atoms with van der Waals surface area (Å²) in [5.41, 5.74) is 1.86. The van der Waals surface area contributed by atoms with Gasteiger partial charge in [-0.15, -0.1) is 0 Å². The van der Waals surface area contributed by atoms with Crippen LogP contribution in [0.4, 0.5) is 0 Å². The van der Waals surface area contributed by atoms with Crippen LogP contribution in [-0.4, -0.2) is 29.9 Å². The third-order valence-corrected chi connectivity index (χ3v) is 9.30. The molecular weight excluding hydrogens is 315 g/mol. The second kappa shape index (κ2) is 9.99. The van der Waals surface area contributed by atoms with Gasteiger partial charge in [0.15, 0.2) is 5.78 Å². The number of aliphatic hydroxyl groups excluding tert-OH is 1. The third-order valence-electron chi connectivity index (χ3n) is 4.83. The molecule has 1 atom stereocenters. The highest BCUT2D eigenvalue weighted by atomic mass is 31.2. The van der Waals surface area contributed by atoms with E-state index in [0.717, 1.165) is 0 Å². The molecule has 0 saturated heterocycles. The Morgan fingerprint density at radius 1 is 1.04 bits per heavy atom. The SMILES string of the molecule is CCCC[P+](C)(CCCC)C(/C(C(C)=O)=C(/C)O)c1ccccc1. The summed E-state index contributed by atoms with van der Waals surface area (Å²) >= 11 is 0. The van der Waals surface area contributed by atoms with Gasteiger partial charge in [0.25, 0.3) is 0 Å². The molecule has 0 amide bonds. The summed E-state index contributed by atoms with van der Waals surface area (Å²) in [4.78, 5) is 12.4. The molecule has 0 bridgehead atoms. The van der Waals surface area contributed by atoms with E-state index in [1.54, 1.807) is 13.8 Å². The summed E-state index contributed by atoms with van der Waals surface area (Å²) in [5, 5.41) is 10.3. The number of hydrogen-bond acceptors (Lipinski definition) is 2. The lowest BCUT2D eigenvalue weighted by Gasteiger charge is -2.33. The molecule has 1 rings (SSSR count). The first-order chi connectivity index (χ1) is 11.4. The molecular formula is C21H34O2P+. The van der Waals surface area contributed by atoms with Crippen LogP contribution in [0.1, 0.15) is 64.6 Å². The number of benzene rings is 1. The van der Waals surface area contributed by atoms with E-state index in [1.807, 2.05) is 18.2 Å². The van der Waals surface area contributed by atoms with Crippen LogP contribution in [0.15, 0.2) is 41.7 Å². The van der Waals surface area contributed by atoms with Crippen molar-refractivity contribution >= 4 is 13.0 Å². The van der Waals surface area contributed by atoms with Gasteiger partial charge >= 0.3 is 0 Å². The van der Waals surface area contributed by atoms with Gasteiger partial charge in [-0.25, -0.2) is 0 Å². The van der Waals surface area contributed by atoms with Crippen LogP contribution in [0.2, 0.25) is 0 Å². The Kier molecular flexibility index (Phi) is 8.70. The minimum absolute atomic E-state index is 0.00285. The summed E-state index contributed by atoms with van der Waals surface area (Å²) in [6, 6.07) is 10.3. The Bertz CT molecular complexity index is 536.